The summed E-state index contributed by atoms with van der Waals surface area (Å²) in [5, 5.41) is 54.6. The van der Waals surface area contributed by atoms with Crippen molar-refractivity contribution in [1.29, 1.82) is 0 Å². The Kier molecular flexibility index (Phi) is 19.7. The van der Waals surface area contributed by atoms with Crippen LogP contribution in [0.25, 0.3) is 0 Å². The van der Waals surface area contributed by atoms with Crippen molar-refractivity contribution in [1.82, 2.24) is 10.2 Å². The molecule has 0 aromatic heterocycles. The Morgan fingerprint density at radius 1 is 0.649 bits per heavy atom. The standard InChI is InChI=1S/C50H28Br4N2O14S3.4Ac/c51-31-13-29-42(36(53)40(31)60)68-43-30(14-32(52)41(61)37(43)54)50(29)26-8-3-21(11-24(26)48(66)70-50)71-15-18-16-73-45-38(44(62)56(45)39(18)46(63)64)55-35(59)17-72-22-4-7-25-23(12-22)47(65)69-49(25)27-5-1-19(57)9-33(27)67-34-10-20(58)2-6-28(34)49;;;;/h1-14,38,45,57-58,60-61H,15-17H2,(H,55,59)(H,63,64);;;;. The van der Waals surface area contributed by atoms with Gasteiger partial charge in [-0.3, -0.25) is 14.5 Å². The average molecular weight is 2200 g/mol. The van der Waals surface area contributed by atoms with Crippen LogP contribution in [0.5, 0.6) is 46.0 Å². The second-order valence-corrected chi connectivity index (χ2v) is 23.7. The van der Waals surface area contributed by atoms with Crippen molar-refractivity contribution in [2.45, 2.75) is 32.4 Å². The van der Waals surface area contributed by atoms with E-state index in [2.05, 4.69) is 69.0 Å². The third kappa shape index (κ3) is 10.3. The molecule has 6 aromatic carbocycles. The van der Waals surface area contributed by atoms with Gasteiger partial charge >= 0.3 is 17.9 Å². The van der Waals surface area contributed by atoms with E-state index in [1.54, 1.807) is 60.7 Å². The van der Waals surface area contributed by atoms with Crippen LogP contribution < -0.4 is 14.8 Å². The molecule has 380 valence electrons. The number of carboxylic acids is 1. The van der Waals surface area contributed by atoms with Gasteiger partial charge in [0.25, 0.3) is 5.91 Å². The number of thioether (sulfide) groups is 3. The Morgan fingerprint density at radius 3 is 1.64 bits per heavy atom. The predicted molar refractivity (Wildman–Crippen MR) is 278 cm³/mol. The molecular weight excluding hydrogens is 2180 g/mol. The molecular formula is C50H28Ac4Br4N2O14S3. The van der Waals surface area contributed by atoms with E-state index in [0.29, 0.717) is 57.7 Å². The summed E-state index contributed by atoms with van der Waals surface area (Å²) in [4.78, 5) is 69.8. The monoisotopic (exact) mass is 2200 g/mol. The van der Waals surface area contributed by atoms with Gasteiger partial charge in [0.1, 0.15) is 60.6 Å². The summed E-state index contributed by atoms with van der Waals surface area (Å²) in [6.45, 7) is 0. The molecule has 0 saturated carbocycles. The third-order valence-corrected chi connectivity index (χ3v) is 19.3. The van der Waals surface area contributed by atoms with E-state index >= 15 is 0 Å². The summed E-state index contributed by atoms with van der Waals surface area (Å²) in [6.07, 6.45) is 0. The summed E-state index contributed by atoms with van der Waals surface area (Å²) >= 11 is 17.3. The number of hydrogen-bond donors (Lipinski definition) is 6. The molecule has 6 heterocycles. The van der Waals surface area contributed by atoms with Crippen LogP contribution in [0.3, 0.4) is 0 Å². The molecule has 12 rings (SSSR count). The number of phenols is 4. The van der Waals surface area contributed by atoms with Crippen molar-refractivity contribution in [3.05, 3.63) is 159 Å². The molecule has 27 heteroatoms. The van der Waals surface area contributed by atoms with Gasteiger partial charge in [0.05, 0.1) is 37.0 Å². The first-order valence-electron chi connectivity index (χ1n) is 21.6. The van der Waals surface area contributed by atoms with Crippen molar-refractivity contribution >= 4 is 129 Å². The van der Waals surface area contributed by atoms with Crippen molar-refractivity contribution < 1.29 is 245 Å². The molecule has 2 unspecified atom stereocenters. The second-order valence-electron chi connectivity index (χ2n) is 17.2. The number of aromatic hydroxyl groups is 4. The Morgan fingerprint density at radius 2 is 1.13 bits per heavy atom. The number of hydrogen-bond acceptors (Lipinski definition) is 16. The van der Waals surface area contributed by atoms with Crippen LogP contribution in [-0.2, 0) is 35.1 Å². The number of carbonyl (C=O) groups is 5. The van der Waals surface area contributed by atoms with Crippen LogP contribution >= 0.6 is 99.0 Å². The molecule has 0 bridgehead atoms. The molecule has 2 atom stereocenters. The van der Waals surface area contributed by atoms with E-state index in [9.17, 15) is 49.5 Å². The summed E-state index contributed by atoms with van der Waals surface area (Å²) in [5.41, 5.74) is 0.345. The first-order chi connectivity index (χ1) is 34.9. The number of rotatable bonds is 8. The van der Waals surface area contributed by atoms with Crippen molar-refractivity contribution in [2.24, 2.45) is 0 Å². The third-order valence-electron chi connectivity index (χ3n) is 13.2. The van der Waals surface area contributed by atoms with Gasteiger partial charge in [-0.15, -0.1) is 35.3 Å². The number of carboxylic acid groups (broad SMARTS) is 1. The van der Waals surface area contributed by atoms with Crippen LogP contribution in [0.15, 0.2) is 124 Å². The maximum atomic E-state index is 13.9. The summed E-state index contributed by atoms with van der Waals surface area (Å²) in [5.74, 6) is -3.12. The molecule has 16 nitrogen and oxygen atoms in total. The number of amides is 2. The van der Waals surface area contributed by atoms with E-state index in [4.69, 9.17) is 18.9 Å². The molecule has 6 aromatic rings. The van der Waals surface area contributed by atoms with Crippen molar-refractivity contribution in [3.8, 4) is 46.0 Å². The number of fused-ring (bicyclic) bond motifs is 13. The SMILES string of the molecule is O=C(CSc1ccc2c(c1)C(=O)OC21c2ccc(O)cc2Oc2cc(O)ccc21)NC1C(=O)N2C(C(=O)O)=C(CSc3ccc4c(c3)C(=O)OC43c4cc(Br)c(O)c(Br)c4Oc4c3cc(Br)c(O)c4Br)CSC12.[Ac].[Ac].[Ac].[Ac]. The predicted octanol–water partition coefficient (Wildman–Crippen LogP) is 10.3. The first kappa shape index (κ1) is 63.0. The Hall–Kier alpha value is -0.0538. The number of nitrogens with zero attached hydrogens (tertiary/aromatic N) is 1. The molecule has 6 N–H and O–H groups in total. The molecule has 4 radical (unpaired) electrons. The van der Waals surface area contributed by atoms with Crippen LogP contribution in [0.2, 0.25) is 0 Å². The molecule has 77 heavy (non-hydrogen) atoms. The number of benzene rings is 6. The van der Waals surface area contributed by atoms with Gasteiger partial charge < -0.3 is 49.8 Å². The number of carbonyl (C=O) groups excluding carboxylic acids is 4. The number of phenolic OH excluding ortho intramolecular Hbond substituents is 4. The van der Waals surface area contributed by atoms with E-state index in [-0.39, 0.29) is 265 Å². The van der Waals surface area contributed by atoms with Gasteiger partial charge in [-0.25, -0.2) is 14.4 Å². The molecule has 0 aliphatic carbocycles. The van der Waals surface area contributed by atoms with E-state index in [1.807, 2.05) is 0 Å². The summed E-state index contributed by atoms with van der Waals surface area (Å²) in [6, 6.07) is 21.3. The quantitative estimate of drug-likeness (QED) is 0.0472. The van der Waals surface area contributed by atoms with Crippen molar-refractivity contribution in [2.75, 3.05) is 17.3 Å². The number of aliphatic carboxylic acids is 1. The number of halogens is 4. The van der Waals surface area contributed by atoms with Gasteiger partial charge in [0, 0.05) is 232 Å². The molecule has 6 aliphatic heterocycles. The molecule has 1 saturated heterocycles. The Bertz CT molecular complexity index is 3540. The van der Waals surface area contributed by atoms with Crippen LogP contribution in [0.4, 0.5) is 0 Å². The molecule has 2 spiro atoms. The fourth-order valence-electron chi connectivity index (χ4n) is 9.99. The van der Waals surface area contributed by atoms with Crippen LogP contribution in [0.1, 0.15) is 54.1 Å². The zero-order chi connectivity index (χ0) is 51.2. The molecule has 2 amide bonds. The maximum Gasteiger partial charge on any atom is 0.352 e. The van der Waals surface area contributed by atoms with E-state index in [1.165, 1.54) is 52.7 Å². The molecule has 1 fully saturated rings. The largest absolute Gasteiger partial charge is 0.508 e. The van der Waals surface area contributed by atoms with Crippen LogP contribution in [-0.4, -0.2) is 88.8 Å². The minimum absolute atomic E-state index is 0. The minimum Gasteiger partial charge on any atom is -0.508 e. The number of esters is 2. The zero-order valence-electron chi connectivity index (χ0n) is 38.8. The number of nitrogens with one attached hydrogen (secondary N) is 1. The van der Waals surface area contributed by atoms with Gasteiger partial charge in [-0.2, -0.15) is 0 Å². The van der Waals surface area contributed by atoms with Crippen LogP contribution in [0, 0.1) is 176 Å². The molecule has 6 aliphatic rings. The number of β-lactam (4-membered cyclic amide) rings is 1. The zero-order valence-corrected chi connectivity index (χ0v) is 66.5. The average Bonchev–Trinajstić information content (AvgIpc) is 3.92. The maximum absolute atomic E-state index is 13.9. The summed E-state index contributed by atoms with van der Waals surface area (Å²) in [7, 11) is 0. The summed E-state index contributed by atoms with van der Waals surface area (Å²) < 4.78 is 25.7. The fourth-order valence-corrected chi connectivity index (χ4v) is 15.6. The van der Waals surface area contributed by atoms with E-state index < -0.39 is 52.3 Å². The Balaban J connectivity index is 0.00000196. The minimum atomic E-state index is -1.60. The second kappa shape index (κ2) is 24.1. The van der Waals surface area contributed by atoms with Gasteiger partial charge in [0.15, 0.2) is 22.7 Å². The normalized spacial score (nSPS) is 17.8. The van der Waals surface area contributed by atoms with Gasteiger partial charge in [0.2, 0.25) is 5.91 Å². The first-order valence-corrected chi connectivity index (χ1v) is 27.8. The Labute approximate surface area is 626 Å². The fraction of sp³-hybridized carbons (Fsp3) is 0.140. The van der Waals surface area contributed by atoms with Gasteiger partial charge in [-0.1, -0.05) is 12.1 Å². The number of ether oxygens (including phenoxy) is 4. The van der Waals surface area contributed by atoms with Gasteiger partial charge in [-0.05, 0) is 130 Å². The van der Waals surface area contributed by atoms with E-state index in [0.717, 1.165) is 11.8 Å². The van der Waals surface area contributed by atoms with Crippen molar-refractivity contribution in [3.63, 3.8) is 0 Å². The smallest absolute Gasteiger partial charge is 0.352 e. The topological polar surface area (TPSA) is 239 Å².